The van der Waals surface area contributed by atoms with E-state index >= 15 is 0 Å². The zero-order chi connectivity index (χ0) is 23.3. The van der Waals surface area contributed by atoms with Crippen LogP contribution in [0.3, 0.4) is 0 Å². The van der Waals surface area contributed by atoms with Gasteiger partial charge in [0.25, 0.3) is 0 Å². The summed E-state index contributed by atoms with van der Waals surface area (Å²) < 4.78 is 1.80. The van der Waals surface area contributed by atoms with E-state index in [-0.39, 0.29) is 11.8 Å². The molecule has 0 spiro atoms. The maximum absolute atomic E-state index is 13.1. The fraction of sp³-hybridized carbons (Fsp3) is 0.731. The molecule has 0 radical (unpaired) electrons. The van der Waals surface area contributed by atoms with E-state index in [2.05, 4.69) is 37.2 Å². The molecule has 1 N–H and O–H groups in total. The average Bonchev–Trinajstić information content (AvgIpc) is 3.04. The topological polar surface area (TPSA) is 69.5 Å². The van der Waals surface area contributed by atoms with Crippen LogP contribution in [0.25, 0.3) is 11.0 Å². The minimum atomic E-state index is 0.0626. The first-order chi connectivity index (χ1) is 16.7. The van der Waals surface area contributed by atoms with E-state index in [0.29, 0.717) is 5.82 Å². The largest absolute Gasteiger partial charge is 0.357 e. The molecule has 2 aromatic heterocycles. The Bertz CT molecular complexity index is 951. The molecular weight excluding hydrogens is 426 g/mol. The molecule has 3 aliphatic rings. The van der Waals surface area contributed by atoms with Gasteiger partial charge in [0.2, 0.25) is 5.91 Å². The smallest absolute Gasteiger partial charge is 0.228 e. The summed E-state index contributed by atoms with van der Waals surface area (Å²) in [6.45, 7) is 8.96. The molecule has 8 nitrogen and oxygen atoms in total. The van der Waals surface area contributed by atoms with Crippen molar-refractivity contribution in [2.45, 2.75) is 57.8 Å². The number of likely N-dealkylation sites (tertiary alicyclic amines) is 2. The van der Waals surface area contributed by atoms with Crippen molar-refractivity contribution in [3.63, 3.8) is 0 Å². The lowest BCUT2D eigenvalue weighted by molar-refractivity contribution is -0.121. The van der Waals surface area contributed by atoms with Crippen molar-refractivity contribution in [3.8, 4) is 0 Å². The predicted octanol–water partition coefficient (Wildman–Crippen LogP) is 3.49. The third kappa shape index (κ3) is 5.54. The fourth-order valence-corrected chi connectivity index (χ4v) is 5.79. The van der Waals surface area contributed by atoms with Crippen molar-refractivity contribution in [1.82, 2.24) is 24.6 Å². The van der Waals surface area contributed by atoms with Crippen LogP contribution in [-0.2, 0) is 11.8 Å². The molecule has 34 heavy (non-hydrogen) atoms. The van der Waals surface area contributed by atoms with Gasteiger partial charge in [-0.15, -0.1) is 0 Å². The van der Waals surface area contributed by atoms with Crippen LogP contribution in [0.1, 0.15) is 57.8 Å². The number of hydrogen-bond acceptors (Lipinski definition) is 6. The van der Waals surface area contributed by atoms with Crippen LogP contribution in [0.15, 0.2) is 12.1 Å². The van der Waals surface area contributed by atoms with E-state index in [1.807, 2.05) is 7.05 Å². The number of nitrogens with zero attached hydrogens (tertiary/aromatic N) is 6. The predicted molar refractivity (Wildman–Crippen MR) is 137 cm³/mol. The van der Waals surface area contributed by atoms with Crippen LogP contribution in [0.2, 0.25) is 0 Å². The minimum absolute atomic E-state index is 0.0626. The SMILES string of the molecule is Cn1nc(NC(=O)C2CCN(CCN3CCCCC3)CC2)c2ccc(N3CCCCCC3)nc21. The number of aromatic nitrogens is 3. The van der Waals surface area contributed by atoms with Gasteiger partial charge < -0.3 is 20.0 Å². The number of carbonyl (C=O) groups is 1. The van der Waals surface area contributed by atoms with Gasteiger partial charge in [0.15, 0.2) is 11.5 Å². The van der Waals surface area contributed by atoms with E-state index in [4.69, 9.17) is 4.98 Å². The second kappa shape index (κ2) is 11.0. The van der Waals surface area contributed by atoms with E-state index in [9.17, 15) is 4.79 Å². The molecule has 0 saturated carbocycles. The molecule has 0 aliphatic carbocycles. The molecule has 3 fully saturated rings. The highest BCUT2D eigenvalue weighted by atomic mass is 16.2. The van der Waals surface area contributed by atoms with Gasteiger partial charge >= 0.3 is 0 Å². The second-order valence-electron chi connectivity index (χ2n) is 10.4. The van der Waals surface area contributed by atoms with Gasteiger partial charge in [-0.2, -0.15) is 5.10 Å². The lowest BCUT2D eigenvalue weighted by Gasteiger charge is -2.34. The Hall–Kier alpha value is -2.19. The maximum Gasteiger partial charge on any atom is 0.228 e. The molecule has 8 heteroatoms. The molecule has 0 bridgehead atoms. The standard InChI is InChI=1S/C26H41N7O/c1-30-25-22(9-10-23(27-25)33-15-7-2-3-8-16-33)24(29-30)28-26(34)21-11-17-32(18-12-21)20-19-31-13-5-4-6-14-31/h9-10,21H,2-8,11-20H2,1H3,(H,28,29,34). The number of anilines is 2. The van der Waals surface area contributed by atoms with Gasteiger partial charge in [-0.25, -0.2) is 9.67 Å². The van der Waals surface area contributed by atoms with Gasteiger partial charge in [-0.3, -0.25) is 4.79 Å². The van der Waals surface area contributed by atoms with Crippen molar-refractivity contribution in [2.24, 2.45) is 13.0 Å². The Balaban J connectivity index is 1.16. The molecule has 186 valence electrons. The molecule has 5 heterocycles. The monoisotopic (exact) mass is 467 g/mol. The van der Waals surface area contributed by atoms with Crippen molar-refractivity contribution in [3.05, 3.63) is 12.1 Å². The van der Waals surface area contributed by atoms with Crippen LogP contribution in [-0.4, -0.2) is 82.8 Å². The van der Waals surface area contributed by atoms with Crippen LogP contribution in [0, 0.1) is 5.92 Å². The van der Waals surface area contributed by atoms with Gasteiger partial charge in [0.05, 0.1) is 5.39 Å². The van der Waals surface area contributed by atoms with Gasteiger partial charge in [0.1, 0.15) is 5.82 Å². The number of piperidine rings is 2. The number of carbonyl (C=O) groups excluding carboxylic acids is 1. The minimum Gasteiger partial charge on any atom is -0.357 e. The average molecular weight is 468 g/mol. The lowest BCUT2D eigenvalue weighted by Crippen LogP contribution is -2.43. The summed E-state index contributed by atoms with van der Waals surface area (Å²) in [5, 5.41) is 8.67. The highest BCUT2D eigenvalue weighted by Gasteiger charge is 2.26. The summed E-state index contributed by atoms with van der Waals surface area (Å²) in [6.07, 6.45) is 11.0. The number of aryl methyl sites for hydroxylation is 1. The number of pyridine rings is 1. The quantitative estimate of drug-likeness (QED) is 0.701. The third-order valence-corrected chi connectivity index (χ3v) is 7.98. The van der Waals surface area contributed by atoms with Crippen molar-refractivity contribution in [1.29, 1.82) is 0 Å². The summed E-state index contributed by atoms with van der Waals surface area (Å²) in [6, 6.07) is 4.17. The molecule has 1 amide bonds. The first-order valence-corrected chi connectivity index (χ1v) is 13.5. The summed E-state index contributed by atoms with van der Waals surface area (Å²) in [7, 11) is 1.91. The molecular formula is C26H41N7O. The fourth-order valence-electron chi connectivity index (χ4n) is 5.79. The molecule has 0 aromatic carbocycles. The Kier molecular flexibility index (Phi) is 7.64. The van der Waals surface area contributed by atoms with Crippen molar-refractivity contribution < 1.29 is 4.79 Å². The number of nitrogens with one attached hydrogen (secondary N) is 1. The molecule has 5 rings (SSSR count). The first-order valence-electron chi connectivity index (χ1n) is 13.5. The zero-order valence-corrected chi connectivity index (χ0v) is 20.8. The molecule has 2 aromatic rings. The molecule has 0 atom stereocenters. The van der Waals surface area contributed by atoms with E-state index < -0.39 is 0 Å². The van der Waals surface area contributed by atoms with Crippen molar-refractivity contribution in [2.75, 3.05) is 62.6 Å². The van der Waals surface area contributed by atoms with E-state index in [1.54, 1.807) is 4.68 Å². The van der Waals surface area contributed by atoms with Crippen molar-refractivity contribution >= 4 is 28.6 Å². The molecule has 3 saturated heterocycles. The Morgan fingerprint density at radius 2 is 1.50 bits per heavy atom. The maximum atomic E-state index is 13.1. The number of fused-ring (bicyclic) bond motifs is 1. The number of hydrogen-bond donors (Lipinski definition) is 1. The van der Waals surface area contributed by atoms with Gasteiger partial charge in [-0.05, 0) is 76.8 Å². The summed E-state index contributed by atoms with van der Waals surface area (Å²) in [4.78, 5) is 25.5. The Morgan fingerprint density at radius 1 is 0.882 bits per heavy atom. The first kappa shape index (κ1) is 23.5. The van der Waals surface area contributed by atoms with Crippen LogP contribution in [0.4, 0.5) is 11.6 Å². The van der Waals surface area contributed by atoms with Gasteiger partial charge in [-0.1, -0.05) is 19.3 Å². The van der Waals surface area contributed by atoms with Crippen LogP contribution < -0.4 is 10.2 Å². The van der Waals surface area contributed by atoms with Gasteiger partial charge in [0, 0.05) is 39.1 Å². The molecule has 3 aliphatic heterocycles. The summed E-state index contributed by atoms with van der Waals surface area (Å²) in [5.74, 6) is 1.83. The number of rotatable bonds is 6. The molecule has 0 unspecified atom stereocenters. The lowest BCUT2D eigenvalue weighted by atomic mass is 9.96. The van der Waals surface area contributed by atoms with E-state index in [0.717, 1.165) is 62.4 Å². The Morgan fingerprint density at radius 3 is 2.21 bits per heavy atom. The summed E-state index contributed by atoms with van der Waals surface area (Å²) in [5.41, 5.74) is 0.838. The highest BCUT2D eigenvalue weighted by molar-refractivity contribution is 6.00. The van der Waals surface area contributed by atoms with E-state index in [1.165, 1.54) is 64.6 Å². The van der Waals surface area contributed by atoms with Crippen LogP contribution >= 0.6 is 0 Å². The summed E-state index contributed by atoms with van der Waals surface area (Å²) >= 11 is 0. The Labute approximate surface area is 203 Å². The zero-order valence-electron chi connectivity index (χ0n) is 20.8. The second-order valence-corrected chi connectivity index (χ2v) is 10.4. The third-order valence-electron chi connectivity index (χ3n) is 7.98. The van der Waals surface area contributed by atoms with Crippen LogP contribution in [0.5, 0.6) is 0 Å². The number of amides is 1. The highest BCUT2D eigenvalue weighted by Crippen LogP contribution is 2.27. The normalized spacial score (nSPS) is 21.6.